The van der Waals surface area contributed by atoms with E-state index in [0.29, 0.717) is 4.90 Å². The molecule has 0 amide bonds. The molecule has 100 valence electrons. The van der Waals surface area contributed by atoms with Gasteiger partial charge in [-0.2, -0.15) is 0 Å². The molecule has 0 unspecified atom stereocenters. The molecule has 0 spiro atoms. The Kier molecular flexibility index (Phi) is 3.64. The highest BCUT2D eigenvalue weighted by Crippen LogP contribution is 2.25. The number of hydrogen-bond donors (Lipinski definition) is 1. The molecule has 1 aliphatic rings. The van der Waals surface area contributed by atoms with Crippen LogP contribution in [0, 0.1) is 6.92 Å². The van der Waals surface area contributed by atoms with E-state index in [0.717, 1.165) is 24.2 Å². The first-order valence-electron chi connectivity index (χ1n) is 6.18. The Bertz CT molecular complexity index is 533. The van der Waals surface area contributed by atoms with Gasteiger partial charge in [-0.25, -0.2) is 13.1 Å². The highest BCUT2D eigenvalue weighted by molar-refractivity contribution is 7.89. The minimum Gasteiger partial charge on any atom is -0.491 e. The van der Waals surface area contributed by atoms with Gasteiger partial charge in [0.2, 0.25) is 10.0 Å². The van der Waals surface area contributed by atoms with Crippen LogP contribution in [-0.2, 0) is 10.0 Å². The minimum atomic E-state index is -3.37. The normalized spacial score (nSPS) is 16.0. The fourth-order valence-corrected chi connectivity index (χ4v) is 3.05. The molecule has 0 heterocycles. The van der Waals surface area contributed by atoms with E-state index in [-0.39, 0.29) is 12.1 Å². The van der Waals surface area contributed by atoms with E-state index >= 15 is 0 Å². The van der Waals surface area contributed by atoms with Gasteiger partial charge in [0, 0.05) is 6.04 Å². The molecule has 0 aromatic heterocycles. The van der Waals surface area contributed by atoms with Gasteiger partial charge in [-0.3, -0.25) is 0 Å². The van der Waals surface area contributed by atoms with Crippen LogP contribution in [0.4, 0.5) is 0 Å². The topological polar surface area (TPSA) is 55.4 Å². The van der Waals surface area contributed by atoms with Crippen molar-refractivity contribution in [2.75, 3.05) is 0 Å². The van der Waals surface area contributed by atoms with Crippen molar-refractivity contribution in [3.05, 3.63) is 23.8 Å². The molecule has 0 bridgehead atoms. The summed E-state index contributed by atoms with van der Waals surface area (Å²) in [5.41, 5.74) is 0.836. The Hall–Kier alpha value is -1.07. The van der Waals surface area contributed by atoms with Crippen molar-refractivity contribution in [2.24, 2.45) is 0 Å². The van der Waals surface area contributed by atoms with Crippen LogP contribution in [0.5, 0.6) is 5.75 Å². The van der Waals surface area contributed by atoms with E-state index < -0.39 is 10.0 Å². The summed E-state index contributed by atoms with van der Waals surface area (Å²) in [5, 5.41) is 0. The molecule has 1 fully saturated rings. The third kappa shape index (κ3) is 3.23. The first-order valence-corrected chi connectivity index (χ1v) is 7.66. The van der Waals surface area contributed by atoms with Crippen LogP contribution < -0.4 is 9.46 Å². The van der Waals surface area contributed by atoms with Gasteiger partial charge in [-0.15, -0.1) is 0 Å². The zero-order chi connectivity index (χ0) is 13.3. The summed E-state index contributed by atoms with van der Waals surface area (Å²) in [6, 6.07) is 5.09. The molecule has 1 saturated carbocycles. The highest BCUT2D eigenvalue weighted by Gasteiger charge is 2.28. The zero-order valence-electron chi connectivity index (χ0n) is 10.9. The number of nitrogens with one attached hydrogen (secondary N) is 1. The molecule has 1 aliphatic carbocycles. The Morgan fingerprint density at radius 1 is 1.33 bits per heavy atom. The van der Waals surface area contributed by atoms with Gasteiger partial charge in [0.05, 0.1) is 11.0 Å². The summed E-state index contributed by atoms with van der Waals surface area (Å²) in [7, 11) is -3.37. The lowest BCUT2D eigenvalue weighted by molar-refractivity contribution is 0.240. The molecule has 0 atom stereocenters. The SMILES string of the molecule is Cc1cc(S(=O)(=O)NC2CC2)ccc1OC(C)C. The van der Waals surface area contributed by atoms with Gasteiger partial charge in [0.15, 0.2) is 0 Å². The van der Waals surface area contributed by atoms with Gasteiger partial charge in [0.1, 0.15) is 5.75 Å². The number of hydrogen-bond acceptors (Lipinski definition) is 3. The average Bonchev–Trinajstić information content (AvgIpc) is 3.03. The lowest BCUT2D eigenvalue weighted by atomic mass is 10.2. The molecule has 1 aromatic rings. The van der Waals surface area contributed by atoms with Crippen molar-refractivity contribution in [3.8, 4) is 5.75 Å². The maximum absolute atomic E-state index is 12.0. The molecule has 4 nitrogen and oxygen atoms in total. The molecular formula is C13H19NO3S. The largest absolute Gasteiger partial charge is 0.491 e. The van der Waals surface area contributed by atoms with Gasteiger partial charge < -0.3 is 4.74 Å². The Morgan fingerprint density at radius 3 is 2.50 bits per heavy atom. The quantitative estimate of drug-likeness (QED) is 0.891. The van der Waals surface area contributed by atoms with Gasteiger partial charge in [-0.1, -0.05) is 0 Å². The molecule has 0 aliphatic heterocycles. The van der Waals surface area contributed by atoms with Crippen LogP contribution >= 0.6 is 0 Å². The summed E-state index contributed by atoms with van der Waals surface area (Å²) in [5.74, 6) is 0.732. The lowest BCUT2D eigenvalue weighted by Gasteiger charge is -2.13. The Labute approximate surface area is 108 Å². The van der Waals surface area contributed by atoms with E-state index in [4.69, 9.17) is 4.74 Å². The number of aryl methyl sites for hydroxylation is 1. The van der Waals surface area contributed by atoms with Crippen molar-refractivity contribution in [2.45, 2.75) is 50.7 Å². The first kappa shape index (κ1) is 13.4. The molecular weight excluding hydrogens is 250 g/mol. The number of benzene rings is 1. The Balaban J connectivity index is 2.22. The van der Waals surface area contributed by atoms with Crippen molar-refractivity contribution in [3.63, 3.8) is 0 Å². The fourth-order valence-electron chi connectivity index (χ4n) is 1.66. The third-order valence-electron chi connectivity index (χ3n) is 2.72. The molecule has 2 rings (SSSR count). The second-order valence-electron chi connectivity index (χ2n) is 4.99. The van der Waals surface area contributed by atoms with E-state index in [1.807, 2.05) is 20.8 Å². The molecule has 0 saturated heterocycles. The second kappa shape index (κ2) is 4.90. The van der Waals surface area contributed by atoms with Gasteiger partial charge in [0.25, 0.3) is 0 Å². The average molecular weight is 269 g/mol. The van der Waals surface area contributed by atoms with E-state index in [9.17, 15) is 8.42 Å². The van der Waals surface area contributed by atoms with Crippen LogP contribution in [0.1, 0.15) is 32.3 Å². The summed E-state index contributed by atoms with van der Waals surface area (Å²) in [4.78, 5) is 0.308. The Morgan fingerprint density at radius 2 is 2.00 bits per heavy atom. The lowest BCUT2D eigenvalue weighted by Crippen LogP contribution is -2.25. The highest BCUT2D eigenvalue weighted by atomic mass is 32.2. The molecule has 18 heavy (non-hydrogen) atoms. The predicted molar refractivity (Wildman–Crippen MR) is 70.3 cm³/mol. The summed E-state index contributed by atoms with van der Waals surface area (Å²) in [6.07, 6.45) is 1.95. The van der Waals surface area contributed by atoms with Crippen LogP contribution in [-0.4, -0.2) is 20.6 Å². The molecule has 1 aromatic carbocycles. The van der Waals surface area contributed by atoms with Crippen molar-refractivity contribution in [1.82, 2.24) is 4.72 Å². The van der Waals surface area contributed by atoms with Crippen LogP contribution in [0.25, 0.3) is 0 Å². The molecule has 5 heteroatoms. The maximum Gasteiger partial charge on any atom is 0.240 e. The van der Waals surface area contributed by atoms with Crippen molar-refractivity contribution >= 4 is 10.0 Å². The number of ether oxygens (including phenoxy) is 1. The smallest absolute Gasteiger partial charge is 0.240 e. The minimum absolute atomic E-state index is 0.0794. The summed E-state index contributed by atoms with van der Waals surface area (Å²) in [6.45, 7) is 5.74. The predicted octanol–water partition coefficient (Wildman–Crippen LogP) is 2.22. The van der Waals surface area contributed by atoms with Crippen LogP contribution in [0.2, 0.25) is 0 Å². The van der Waals surface area contributed by atoms with E-state index in [1.165, 1.54) is 0 Å². The second-order valence-corrected chi connectivity index (χ2v) is 6.70. The van der Waals surface area contributed by atoms with E-state index in [1.54, 1.807) is 18.2 Å². The zero-order valence-corrected chi connectivity index (χ0v) is 11.8. The fraction of sp³-hybridized carbons (Fsp3) is 0.538. The number of rotatable bonds is 5. The van der Waals surface area contributed by atoms with Crippen LogP contribution in [0.3, 0.4) is 0 Å². The van der Waals surface area contributed by atoms with Crippen molar-refractivity contribution in [1.29, 1.82) is 0 Å². The summed E-state index contributed by atoms with van der Waals surface area (Å²) >= 11 is 0. The monoisotopic (exact) mass is 269 g/mol. The van der Waals surface area contributed by atoms with Gasteiger partial charge >= 0.3 is 0 Å². The van der Waals surface area contributed by atoms with Gasteiger partial charge in [-0.05, 0) is 57.4 Å². The molecule has 1 N–H and O–H groups in total. The summed E-state index contributed by atoms with van der Waals surface area (Å²) < 4.78 is 32.3. The molecule has 0 radical (unpaired) electrons. The van der Waals surface area contributed by atoms with E-state index in [2.05, 4.69) is 4.72 Å². The van der Waals surface area contributed by atoms with Crippen LogP contribution in [0.15, 0.2) is 23.1 Å². The third-order valence-corrected chi connectivity index (χ3v) is 4.24. The first-order chi connectivity index (χ1) is 8.38. The standard InChI is InChI=1S/C13H19NO3S/c1-9(2)17-13-7-6-12(8-10(13)3)18(15,16)14-11-4-5-11/h6-9,11,14H,4-5H2,1-3H3. The maximum atomic E-state index is 12.0. The number of sulfonamides is 1. The van der Waals surface area contributed by atoms with Crippen molar-refractivity contribution < 1.29 is 13.2 Å².